The predicted molar refractivity (Wildman–Crippen MR) is 54.6 cm³/mol. The summed E-state index contributed by atoms with van der Waals surface area (Å²) in [5.74, 6) is -1.09. The van der Waals surface area contributed by atoms with E-state index in [2.05, 4.69) is 9.89 Å². The zero-order chi connectivity index (χ0) is 13.8. The molecule has 8 heteroatoms. The molecule has 0 heterocycles. The lowest BCUT2D eigenvalue weighted by Gasteiger charge is -2.09. The number of amidine groups is 1. The number of benzene rings is 1. The predicted octanol–water partition coefficient (Wildman–Crippen LogP) is 2.00. The molecule has 0 amide bonds. The van der Waals surface area contributed by atoms with Gasteiger partial charge in [-0.1, -0.05) is 17.3 Å². The molecule has 0 aromatic heterocycles. The van der Waals surface area contributed by atoms with Crippen molar-refractivity contribution in [2.24, 2.45) is 10.9 Å². The van der Waals surface area contributed by atoms with Crippen molar-refractivity contribution < 1.29 is 27.5 Å². The third-order valence-corrected chi connectivity index (χ3v) is 1.98. The molecule has 0 saturated heterocycles. The largest absolute Gasteiger partial charge is 0.411 e. The van der Waals surface area contributed by atoms with Crippen LogP contribution in [0.25, 0.3) is 0 Å². The molecule has 4 nitrogen and oxygen atoms in total. The zero-order valence-corrected chi connectivity index (χ0v) is 9.04. The third-order valence-electron chi connectivity index (χ3n) is 1.98. The molecule has 3 N–H and O–H groups in total. The minimum absolute atomic E-state index is 0.0475. The molecule has 1 rings (SSSR count). The molecule has 0 radical (unpaired) electrons. The van der Waals surface area contributed by atoms with Crippen LogP contribution in [0.3, 0.4) is 0 Å². The minimum atomic E-state index is -4.45. The number of halogens is 4. The molecule has 0 spiro atoms. The van der Waals surface area contributed by atoms with Gasteiger partial charge in [-0.2, -0.15) is 13.2 Å². The van der Waals surface area contributed by atoms with Crippen LogP contribution in [-0.2, 0) is 11.3 Å². The second kappa shape index (κ2) is 5.67. The van der Waals surface area contributed by atoms with Gasteiger partial charge in [-0.15, -0.1) is 0 Å². The maximum Gasteiger partial charge on any atom is 0.411 e. The maximum atomic E-state index is 13.4. The fourth-order valence-electron chi connectivity index (χ4n) is 1.16. The lowest BCUT2D eigenvalue weighted by atomic mass is 10.1. The average molecular weight is 266 g/mol. The van der Waals surface area contributed by atoms with Crippen molar-refractivity contribution in [3.05, 3.63) is 35.1 Å². The highest BCUT2D eigenvalue weighted by molar-refractivity contribution is 5.97. The van der Waals surface area contributed by atoms with E-state index in [0.717, 1.165) is 6.07 Å². The van der Waals surface area contributed by atoms with Crippen LogP contribution in [0.15, 0.2) is 23.4 Å². The van der Waals surface area contributed by atoms with Gasteiger partial charge in [-0.3, -0.25) is 0 Å². The average Bonchev–Trinajstić information content (AvgIpc) is 2.28. The number of hydrogen-bond acceptors (Lipinski definition) is 3. The maximum absolute atomic E-state index is 13.4. The summed E-state index contributed by atoms with van der Waals surface area (Å²) in [7, 11) is 0. The lowest BCUT2D eigenvalue weighted by molar-refractivity contribution is -0.176. The van der Waals surface area contributed by atoms with E-state index in [9.17, 15) is 17.6 Å². The lowest BCUT2D eigenvalue weighted by Crippen LogP contribution is -2.17. The van der Waals surface area contributed by atoms with Gasteiger partial charge < -0.3 is 15.7 Å². The molecule has 0 saturated carbocycles. The Morgan fingerprint density at radius 3 is 2.56 bits per heavy atom. The molecule has 1 aromatic rings. The van der Waals surface area contributed by atoms with E-state index in [-0.39, 0.29) is 17.0 Å². The highest BCUT2D eigenvalue weighted by atomic mass is 19.4. The molecule has 0 fully saturated rings. The molecule has 18 heavy (non-hydrogen) atoms. The summed E-state index contributed by atoms with van der Waals surface area (Å²) >= 11 is 0. The van der Waals surface area contributed by atoms with E-state index in [1.807, 2.05) is 0 Å². The van der Waals surface area contributed by atoms with Gasteiger partial charge in [-0.25, -0.2) is 4.39 Å². The summed E-state index contributed by atoms with van der Waals surface area (Å²) in [5, 5.41) is 11.0. The number of ether oxygens (including phenoxy) is 1. The smallest absolute Gasteiger partial charge is 0.409 e. The molecule has 0 aliphatic heterocycles. The summed E-state index contributed by atoms with van der Waals surface area (Å²) < 4.78 is 53.1. The van der Waals surface area contributed by atoms with Gasteiger partial charge in [0.15, 0.2) is 5.84 Å². The third kappa shape index (κ3) is 4.21. The van der Waals surface area contributed by atoms with Crippen molar-refractivity contribution >= 4 is 5.84 Å². The van der Waals surface area contributed by atoms with Crippen LogP contribution in [0, 0.1) is 5.82 Å². The van der Waals surface area contributed by atoms with Crippen molar-refractivity contribution in [2.45, 2.75) is 12.8 Å². The summed E-state index contributed by atoms with van der Waals surface area (Å²) in [6.07, 6.45) is -4.45. The van der Waals surface area contributed by atoms with Crippen molar-refractivity contribution in [3.63, 3.8) is 0 Å². The summed E-state index contributed by atoms with van der Waals surface area (Å²) in [4.78, 5) is 0. The van der Waals surface area contributed by atoms with Gasteiger partial charge in [0.1, 0.15) is 12.4 Å². The summed E-state index contributed by atoms with van der Waals surface area (Å²) in [5.41, 5.74) is 5.30. The first-order chi connectivity index (χ1) is 8.33. The molecular weight excluding hydrogens is 256 g/mol. The molecular formula is C10H10F4N2O2. The zero-order valence-electron chi connectivity index (χ0n) is 9.04. The van der Waals surface area contributed by atoms with Crippen molar-refractivity contribution in [1.29, 1.82) is 0 Å². The molecule has 0 aliphatic rings. The van der Waals surface area contributed by atoms with Crippen LogP contribution in [0.2, 0.25) is 0 Å². The van der Waals surface area contributed by atoms with Gasteiger partial charge in [0, 0.05) is 11.1 Å². The SMILES string of the molecule is N/C(=N\O)c1ccc(COCC(F)(F)F)c(F)c1. The van der Waals surface area contributed by atoms with E-state index in [0.29, 0.717) is 0 Å². The highest BCUT2D eigenvalue weighted by Gasteiger charge is 2.27. The molecule has 0 atom stereocenters. The Morgan fingerprint density at radius 1 is 1.39 bits per heavy atom. The monoisotopic (exact) mass is 266 g/mol. The van der Waals surface area contributed by atoms with Crippen molar-refractivity contribution in [1.82, 2.24) is 0 Å². The molecule has 0 unspecified atom stereocenters. The first kappa shape index (κ1) is 14.2. The van der Waals surface area contributed by atoms with E-state index >= 15 is 0 Å². The second-order valence-corrected chi connectivity index (χ2v) is 3.40. The number of nitrogens with two attached hydrogens (primary N) is 1. The molecule has 0 aliphatic carbocycles. The van der Waals surface area contributed by atoms with Crippen LogP contribution in [0.1, 0.15) is 11.1 Å². The minimum Gasteiger partial charge on any atom is -0.409 e. The number of oxime groups is 1. The highest BCUT2D eigenvalue weighted by Crippen LogP contribution is 2.17. The van der Waals surface area contributed by atoms with E-state index in [4.69, 9.17) is 10.9 Å². The molecule has 0 bridgehead atoms. The number of alkyl halides is 3. The topological polar surface area (TPSA) is 67.8 Å². The number of nitrogens with zero attached hydrogens (tertiary/aromatic N) is 1. The van der Waals surface area contributed by atoms with Gasteiger partial charge in [-0.05, 0) is 6.07 Å². The Kier molecular flexibility index (Phi) is 4.49. The number of hydrogen-bond donors (Lipinski definition) is 2. The van der Waals surface area contributed by atoms with E-state index in [1.165, 1.54) is 12.1 Å². The van der Waals surface area contributed by atoms with Gasteiger partial charge in [0.2, 0.25) is 0 Å². The standard InChI is InChI=1S/C10H10F4N2O2/c11-8-3-6(9(15)16-17)1-2-7(8)4-18-5-10(12,13)14/h1-3,17H,4-5H2,(H2,15,16). The number of rotatable bonds is 4. The van der Waals surface area contributed by atoms with Gasteiger partial charge in [0.25, 0.3) is 0 Å². The first-order valence-electron chi connectivity index (χ1n) is 4.74. The van der Waals surface area contributed by atoms with Crippen LogP contribution < -0.4 is 5.73 Å². The Bertz CT molecular complexity index is 446. The Labute approximate surface area is 99.7 Å². The van der Waals surface area contributed by atoms with Crippen LogP contribution >= 0.6 is 0 Å². The van der Waals surface area contributed by atoms with Crippen molar-refractivity contribution in [3.8, 4) is 0 Å². The van der Waals surface area contributed by atoms with Crippen LogP contribution in [0.4, 0.5) is 17.6 Å². The molecule has 1 aromatic carbocycles. The Balaban J connectivity index is 2.69. The fraction of sp³-hybridized carbons (Fsp3) is 0.300. The fourth-order valence-corrected chi connectivity index (χ4v) is 1.16. The van der Waals surface area contributed by atoms with Crippen molar-refractivity contribution in [2.75, 3.05) is 6.61 Å². The quantitative estimate of drug-likeness (QED) is 0.288. The van der Waals surface area contributed by atoms with Crippen LogP contribution in [0.5, 0.6) is 0 Å². The van der Waals surface area contributed by atoms with Crippen LogP contribution in [-0.4, -0.2) is 23.8 Å². The van der Waals surface area contributed by atoms with E-state index < -0.39 is 25.2 Å². The first-order valence-corrected chi connectivity index (χ1v) is 4.74. The Hall–Kier alpha value is -1.83. The Morgan fingerprint density at radius 2 is 2.06 bits per heavy atom. The summed E-state index contributed by atoms with van der Waals surface area (Å²) in [6, 6.07) is 3.46. The van der Waals surface area contributed by atoms with Gasteiger partial charge >= 0.3 is 6.18 Å². The van der Waals surface area contributed by atoms with Gasteiger partial charge in [0.05, 0.1) is 6.61 Å². The second-order valence-electron chi connectivity index (χ2n) is 3.40. The molecule has 100 valence electrons. The summed E-state index contributed by atoms with van der Waals surface area (Å²) in [6.45, 7) is -1.96. The normalized spacial score (nSPS) is 12.8. The van der Waals surface area contributed by atoms with E-state index in [1.54, 1.807) is 0 Å².